The van der Waals surface area contributed by atoms with Gasteiger partial charge in [-0.25, -0.2) is 0 Å². The number of aryl methyl sites for hydroxylation is 3. The summed E-state index contributed by atoms with van der Waals surface area (Å²) >= 11 is 0. The molecule has 0 atom stereocenters. The van der Waals surface area contributed by atoms with E-state index in [1.54, 1.807) is 6.07 Å². The SMILES string of the molecule is CCc1ccccc1NC(=O)CCC(=O)OCC(=O)Nc1ccc(C)c(C)c1. The van der Waals surface area contributed by atoms with Crippen molar-refractivity contribution < 1.29 is 19.1 Å². The van der Waals surface area contributed by atoms with Gasteiger partial charge in [0.05, 0.1) is 6.42 Å². The van der Waals surface area contributed by atoms with Crippen LogP contribution < -0.4 is 10.6 Å². The van der Waals surface area contributed by atoms with Gasteiger partial charge in [-0.05, 0) is 55.2 Å². The highest BCUT2D eigenvalue weighted by Crippen LogP contribution is 2.16. The summed E-state index contributed by atoms with van der Waals surface area (Å²) in [6, 6.07) is 13.1. The smallest absolute Gasteiger partial charge is 0.306 e. The molecule has 148 valence electrons. The average Bonchev–Trinajstić information content (AvgIpc) is 2.68. The second-order valence-corrected chi connectivity index (χ2v) is 6.57. The number of esters is 1. The maximum Gasteiger partial charge on any atom is 0.306 e. The summed E-state index contributed by atoms with van der Waals surface area (Å²) < 4.78 is 4.94. The van der Waals surface area contributed by atoms with Crippen molar-refractivity contribution in [2.75, 3.05) is 17.2 Å². The van der Waals surface area contributed by atoms with Crippen molar-refractivity contribution in [2.45, 2.75) is 40.0 Å². The minimum atomic E-state index is -0.589. The van der Waals surface area contributed by atoms with E-state index in [9.17, 15) is 14.4 Å². The standard InChI is InChI=1S/C22H26N2O4/c1-4-17-7-5-6-8-19(17)24-20(25)11-12-22(27)28-14-21(26)23-18-10-9-15(2)16(3)13-18/h5-10,13H,4,11-12,14H2,1-3H3,(H,23,26)(H,24,25). The summed E-state index contributed by atoms with van der Waals surface area (Å²) in [5, 5.41) is 5.48. The second kappa shape index (κ2) is 10.3. The molecule has 0 saturated carbocycles. The lowest BCUT2D eigenvalue weighted by atomic mass is 10.1. The Labute approximate surface area is 165 Å². The van der Waals surface area contributed by atoms with E-state index in [0.717, 1.165) is 28.8 Å². The first-order valence-corrected chi connectivity index (χ1v) is 9.29. The van der Waals surface area contributed by atoms with E-state index in [4.69, 9.17) is 4.74 Å². The Hall–Kier alpha value is -3.15. The molecule has 2 aromatic carbocycles. The number of amides is 2. The van der Waals surface area contributed by atoms with E-state index in [-0.39, 0.29) is 25.4 Å². The summed E-state index contributed by atoms with van der Waals surface area (Å²) in [4.78, 5) is 35.7. The molecule has 0 aromatic heterocycles. The highest BCUT2D eigenvalue weighted by Gasteiger charge is 2.12. The fourth-order valence-corrected chi connectivity index (χ4v) is 2.61. The molecule has 0 spiro atoms. The number of para-hydroxylation sites is 1. The van der Waals surface area contributed by atoms with Gasteiger partial charge in [-0.3, -0.25) is 14.4 Å². The first kappa shape index (κ1) is 21.2. The molecule has 0 fully saturated rings. The highest BCUT2D eigenvalue weighted by atomic mass is 16.5. The van der Waals surface area contributed by atoms with Crippen LogP contribution in [-0.2, 0) is 25.5 Å². The van der Waals surface area contributed by atoms with Gasteiger partial charge in [-0.2, -0.15) is 0 Å². The quantitative estimate of drug-likeness (QED) is 0.681. The van der Waals surface area contributed by atoms with Crippen LogP contribution in [0, 0.1) is 13.8 Å². The molecule has 2 amide bonds. The van der Waals surface area contributed by atoms with Gasteiger partial charge < -0.3 is 15.4 Å². The second-order valence-electron chi connectivity index (χ2n) is 6.57. The number of nitrogens with one attached hydrogen (secondary N) is 2. The van der Waals surface area contributed by atoms with Crippen LogP contribution in [-0.4, -0.2) is 24.4 Å². The van der Waals surface area contributed by atoms with Crippen molar-refractivity contribution in [3.63, 3.8) is 0 Å². The van der Waals surface area contributed by atoms with Gasteiger partial charge in [-0.15, -0.1) is 0 Å². The van der Waals surface area contributed by atoms with Gasteiger partial charge >= 0.3 is 5.97 Å². The van der Waals surface area contributed by atoms with Crippen LogP contribution in [0.15, 0.2) is 42.5 Å². The van der Waals surface area contributed by atoms with Crippen LogP contribution in [0.4, 0.5) is 11.4 Å². The largest absolute Gasteiger partial charge is 0.456 e. The molecule has 0 unspecified atom stereocenters. The molecule has 0 saturated heterocycles. The Morgan fingerprint density at radius 2 is 1.64 bits per heavy atom. The molecule has 6 nitrogen and oxygen atoms in total. The molecule has 0 heterocycles. The summed E-state index contributed by atoms with van der Waals surface area (Å²) in [6.07, 6.45) is 0.709. The van der Waals surface area contributed by atoms with Crippen molar-refractivity contribution in [3.8, 4) is 0 Å². The molecular formula is C22H26N2O4. The summed E-state index contributed by atoms with van der Waals surface area (Å²) in [7, 11) is 0. The van der Waals surface area contributed by atoms with Crippen molar-refractivity contribution in [1.82, 2.24) is 0 Å². The molecule has 0 bridgehead atoms. The molecule has 0 aliphatic carbocycles. The van der Waals surface area contributed by atoms with Crippen LogP contribution >= 0.6 is 0 Å². The summed E-state index contributed by atoms with van der Waals surface area (Å²) in [5.74, 6) is -1.27. The predicted molar refractivity (Wildman–Crippen MR) is 109 cm³/mol. The first-order chi connectivity index (χ1) is 13.4. The third-order valence-electron chi connectivity index (χ3n) is 4.38. The van der Waals surface area contributed by atoms with Gasteiger partial charge in [-0.1, -0.05) is 31.2 Å². The lowest BCUT2D eigenvalue weighted by molar-refractivity contribution is -0.147. The Morgan fingerprint density at radius 3 is 2.36 bits per heavy atom. The predicted octanol–water partition coefficient (Wildman–Crippen LogP) is 3.77. The van der Waals surface area contributed by atoms with E-state index in [1.807, 2.05) is 57.2 Å². The topological polar surface area (TPSA) is 84.5 Å². The van der Waals surface area contributed by atoms with E-state index >= 15 is 0 Å². The zero-order valence-electron chi connectivity index (χ0n) is 16.5. The number of hydrogen-bond acceptors (Lipinski definition) is 4. The van der Waals surface area contributed by atoms with Crippen LogP contribution in [0.25, 0.3) is 0 Å². The van der Waals surface area contributed by atoms with Gasteiger partial charge in [0.2, 0.25) is 5.91 Å². The maximum absolute atomic E-state index is 12.0. The molecule has 0 aliphatic heterocycles. The zero-order chi connectivity index (χ0) is 20.5. The van der Waals surface area contributed by atoms with E-state index in [2.05, 4.69) is 10.6 Å². The fourth-order valence-electron chi connectivity index (χ4n) is 2.61. The third kappa shape index (κ3) is 6.54. The van der Waals surface area contributed by atoms with Gasteiger partial charge in [0.1, 0.15) is 0 Å². The van der Waals surface area contributed by atoms with E-state index in [0.29, 0.717) is 5.69 Å². The summed E-state index contributed by atoms with van der Waals surface area (Å²) in [5.41, 5.74) is 4.62. The monoisotopic (exact) mass is 382 g/mol. The highest BCUT2D eigenvalue weighted by molar-refractivity contribution is 5.94. The third-order valence-corrected chi connectivity index (χ3v) is 4.38. The Balaban J connectivity index is 1.72. The first-order valence-electron chi connectivity index (χ1n) is 9.29. The van der Waals surface area contributed by atoms with Gasteiger partial charge in [0.25, 0.3) is 5.91 Å². The van der Waals surface area contributed by atoms with Crippen LogP contribution in [0.5, 0.6) is 0 Å². The van der Waals surface area contributed by atoms with Crippen molar-refractivity contribution in [2.24, 2.45) is 0 Å². The maximum atomic E-state index is 12.0. The Kier molecular flexibility index (Phi) is 7.75. The van der Waals surface area contributed by atoms with E-state index < -0.39 is 11.9 Å². The average molecular weight is 382 g/mol. The lowest BCUT2D eigenvalue weighted by Gasteiger charge is -2.10. The van der Waals surface area contributed by atoms with Crippen molar-refractivity contribution in [1.29, 1.82) is 0 Å². The number of anilines is 2. The Morgan fingerprint density at radius 1 is 0.893 bits per heavy atom. The number of rotatable bonds is 8. The minimum Gasteiger partial charge on any atom is -0.456 e. The van der Waals surface area contributed by atoms with Crippen LogP contribution in [0.3, 0.4) is 0 Å². The number of ether oxygens (including phenoxy) is 1. The van der Waals surface area contributed by atoms with Crippen molar-refractivity contribution >= 4 is 29.2 Å². The molecular weight excluding hydrogens is 356 g/mol. The van der Waals surface area contributed by atoms with Crippen LogP contribution in [0.2, 0.25) is 0 Å². The molecule has 6 heteroatoms. The molecule has 0 aliphatic rings. The molecule has 28 heavy (non-hydrogen) atoms. The number of carbonyl (C=O) groups excluding carboxylic acids is 3. The molecule has 0 radical (unpaired) electrons. The molecule has 2 N–H and O–H groups in total. The number of benzene rings is 2. The molecule has 2 aromatic rings. The van der Waals surface area contributed by atoms with Gasteiger partial charge in [0, 0.05) is 17.8 Å². The Bertz CT molecular complexity index is 861. The molecule has 2 rings (SSSR count). The summed E-state index contributed by atoms with van der Waals surface area (Å²) in [6.45, 7) is 5.56. The minimum absolute atomic E-state index is 0.00431. The normalized spacial score (nSPS) is 10.2. The fraction of sp³-hybridized carbons (Fsp3) is 0.318. The lowest BCUT2D eigenvalue weighted by Crippen LogP contribution is -2.22. The number of carbonyl (C=O) groups is 3. The number of hydrogen-bond donors (Lipinski definition) is 2. The van der Waals surface area contributed by atoms with Crippen molar-refractivity contribution in [3.05, 3.63) is 59.2 Å². The van der Waals surface area contributed by atoms with E-state index in [1.165, 1.54) is 0 Å². The zero-order valence-corrected chi connectivity index (χ0v) is 16.5. The van der Waals surface area contributed by atoms with Crippen LogP contribution in [0.1, 0.15) is 36.5 Å². The van der Waals surface area contributed by atoms with Gasteiger partial charge in [0.15, 0.2) is 6.61 Å².